The predicted octanol–water partition coefficient (Wildman–Crippen LogP) is 3.25. The molecule has 2 fully saturated rings. The lowest BCUT2D eigenvalue weighted by Crippen LogP contribution is -2.32. The van der Waals surface area contributed by atoms with Gasteiger partial charge in [0.1, 0.15) is 0 Å². The lowest BCUT2D eigenvalue weighted by atomic mass is 9.75. The highest BCUT2D eigenvalue weighted by Gasteiger charge is 2.53. The van der Waals surface area contributed by atoms with Gasteiger partial charge in [0.15, 0.2) is 0 Å². The molecule has 3 heteroatoms. The first kappa shape index (κ1) is 13.6. The van der Waals surface area contributed by atoms with E-state index >= 15 is 0 Å². The summed E-state index contributed by atoms with van der Waals surface area (Å²) in [6.45, 7) is 5.57. The van der Waals surface area contributed by atoms with Crippen molar-refractivity contribution in [3.8, 4) is 0 Å². The highest BCUT2D eigenvalue weighted by molar-refractivity contribution is 5.66. The van der Waals surface area contributed by atoms with E-state index in [1.807, 2.05) is 0 Å². The van der Waals surface area contributed by atoms with Gasteiger partial charge < -0.3 is 9.84 Å². The Morgan fingerprint density at radius 2 is 2.28 bits per heavy atom. The Labute approximate surface area is 109 Å². The van der Waals surface area contributed by atoms with Crippen LogP contribution in [0.15, 0.2) is 12.2 Å². The second kappa shape index (κ2) is 5.43. The Morgan fingerprint density at radius 3 is 2.89 bits per heavy atom. The highest BCUT2D eigenvalue weighted by Crippen LogP contribution is 2.54. The second-order valence-corrected chi connectivity index (χ2v) is 6.17. The fourth-order valence-electron chi connectivity index (χ4n) is 3.60. The van der Waals surface area contributed by atoms with E-state index in [2.05, 4.69) is 26.0 Å². The van der Waals surface area contributed by atoms with Crippen LogP contribution in [0.3, 0.4) is 0 Å². The van der Waals surface area contributed by atoms with Gasteiger partial charge in [-0.3, -0.25) is 4.79 Å². The van der Waals surface area contributed by atoms with Crippen LogP contribution >= 0.6 is 0 Å². The third-order valence-corrected chi connectivity index (χ3v) is 4.73. The zero-order valence-electron chi connectivity index (χ0n) is 11.4. The summed E-state index contributed by atoms with van der Waals surface area (Å²) >= 11 is 0. The van der Waals surface area contributed by atoms with Crippen LogP contribution in [0.2, 0.25) is 0 Å². The zero-order valence-corrected chi connectivity index (χ0v) is 11.4. The standard InChI is InChI=1S/C15H24O3/c1-11-12(15(2)9-13(11)18-10-15)7-5-3-4-6-8-14(16)17/h3,5,11-13H,4,6-10H2,1-2H3,(H,16,17)/b5-3-/t11-,12-,13?,15?/m0/s1. The fourth-order valence-corrected chi connectivity index (χ4v) is 3.60. The zero-order chi connectivity index (χ0) is 13.2. The maximum atomic E-state index is 10.4. The van der Waals surface area contributed by atoms with Crippen molar-refractivity contribution in [1.82, 2.24) is 0 Å². The van der Waals surface area contributed by atoms with E-state index in [-0.39, 0.29) is 6.42 Å². The van der Waals surface area contributed by atoms with E-state index in [4.69, 9.17) is 9.84 Å². The molecule has 18 heavy (non-hydrogen) atoms. The minimum Gasteiger partial charge on any atom is -0.481 e. The molecule has 0 aromatic rings. The first-order valence-corrected chi connectivity index (χ1v) is 7.01. The number of hydrogen-bond donors (Lipinski definition) is 1. The summed E-state index contributed by atoms with van der Waals surface area (Å²) in [5.41, 5.74) is 0.371. The number of carbonyl (C=O) groups is 1. The van der Waals surface area contributed by atoms with Gasteiger partial charge in [0.25, 0.3) is 0 Å². The smallest absolute Gasteiger partial charge is 0.303 e. The molecular formula is C15H24O3. The summed E-state index contributed by atoms with van der Waals surface area (Å²) in [6.07, 6.45) is 9.09. The molecule has 2 bridgehead atoms. The number of rotatable bonds is 6. The Hall–Kier alpha value is -0.830. The summed E-state index contributed by atoms with van der Waals surface area (Å²) in [6, 6.07) is 0. The van der Waals surface area contributed by atoms with Crippen LogP contribution in [-0.2, 0) is 9.53 Å². The van der Waals surface area contributed by atoms with Gasteiger partial charge >= 0.3 is 5.97 Å². The quantitative estimate of drug-likeness (QED) is 0.583. The van der Waals surface area contributed by atoms with E-state index in [9.17, 15) is 4.79 Å². The molecule has 1 saturated carbocycles. The van der Waals surface area contributed by atoms with Gasteiger partial charge in [0.05, 0.1) is 12.7 Å². The number of aliphatic carboxylic acids is 1. The molecule has 2 rings (SSSR count). The van der Waals surface area contributed by atoms with Crippen molar-refractivity contribution in [3.63, 3.8) is 0 Å². The van der Waals surface area contributed by atoms with Crippen LogP contribution in [-0.4, -0.2) is 23.8 Å². The molecule has 1 saturated heterocycles. The van der Waals surface area contributed by atoms with Crippen molar-refractivity contribution in [2.45, 2.75) is 52.1 Å². The van der Waals surface area contributed by atoms with Crippen LogP contribution in [0, 0.1) is 17.3 Å². The van der Waals surface area contributed by atoms with Gasteiger partial charge in [0.2, 0.25) is 0 Å². The molecular weight excluding hydrogens is 228 g/mol. The van der Waals surface area contributed by atoms with Gasteiger partial charge in [0, 0.05) is 6.42 Å². The van der Waals surface area contributed by atoms with Gasteiger partial charge in [-0.2, -0.15) is 0 Å². The van der Waals surface area contributed by atoms with E-state index in [0.29, 0.717) is 17.4 Å². The molecule has 1 heterocycles. The third kappa shape index (κ3) is 2.77. The number of hydrogen-bond acceptors (Lipinski definition) is 2. The maximum absolute atomic E-state index is 10.4. The fraction of sp³-hybridized carbons (Fsp3) is 0.800. The van der Waals surface area contributed by atoms with Crippen molar-refractivity contribution >= 4 is 5.97 Å². The van der Waals surface area contributed by atoms with E-state index < -0.39 is 5.97 Å². The molecule has 2 aliphatic rings. The molecule has 102 valence electrons. The van der Waals surface area contributed by atoms with Gasteiger partial charge in [-0.25, -0.2) is 0 Å². The number of allylic oxidation sites excluding steroid dienone is 2. The van der Waals surface area contributed by atoms with Crippen molar-refractivity contribution in [1.29, 1.82) is 0 Å². The minimum absolute atomic E-state index is 0.276. The molecule has 1 aliphatic carbocycles. The van der Waals surface area contributed by atoms with Crippen molar-refractivity contribution in [2.24, 2.45) is 17.3 Å². The number of carboxylic acids is 1. The monoisotopic (exact) mass is 252 g/mol. The van der Waals surface area contributed by atoms with Crippen LogP contribution < -0.4 is 0 Å². The maximum Gasteiger partial charge on any atom is 0.303 e. The molecule has 1 aliphatic heterocycles. The first-order chi connectivity index (χ1) is 8.53. The van der Waals surface area contributed by atoms with Gasteiger partial charge in [-0.15, -0.1) is 0 Å². The Balaban J connectivity index is 1.73. The summed E-state index contributed by atoms with van der Waals surface area (Å²) in [5.74, 6) is 0.689. The average Bonchev–Trinajstić information content (AvgIpc) is 2.79. The number of ether oxygens (including phenoxy) is 1. The number of fused-ring (bicyclic) bond motifs is 2. The Bertz CT molecular complexity index is 337. The normalized spacial score (nSPS) is 38.7. The molecule has 4 atom stereocenters. The average molecular weight is 252 g/mol. The van der Waals surface area contributed by atoms with Crippen LogP contribution in [0.1, 0.15) is 46.0 Å². The largest absolute Gasteiger partial charge is 0.481 e. The first-order valence-electron chi connectivity index (χ1n) is 7.01. The topological polar surface area (TPSA) is 46.5 Å². The van der Waals surface area contributed by atoms with Crippen molar-refractivity contribution in [2.75, 3.05) is 6.61 Å². The Kier molecular flexibility index (Phi) is 4.10. The van der Waals surface area contributed by atoms with Crippen molar-refractivity contribution < 1.29 is 14.6 Å². The predicted molar refractivity (Wildman–Crippen MR) is 70.4 cm³/mol. The highest BCUT2D eigenvalue weighted by atomic mass is 16.5. The van der Waals surface area contributed by atoms with Crippen molar-refractivity contribution in [3.05, 3.63) is 12.2 Å². The Morgan fingerprint density at radius 1 is 1.50 bits per heavy atom. The molecule has 0 aromatic carbocycles. The summed E-state index contributed by atoms with van der Waals surface area (Å²) in [7, 11) is 0. The molecule has 0 radical (unpaired) electrons. The molecule has 0 amide bonds. The van der Waals surface area contributed by atoms with E-state index in [1.165, 1.54) is 6.42 Å². The molecule has 2 unspecified atom stereocenters. The summed E-state index contributed by atoms with van der Waals surface area (Å²) in [4.78, 5) is 10.4. The lowest BCUT2D eigenvalue weighted by Gasteiger charge is -2.34. The summed E-state index contributed by atoms with van der Waals surface area (Å²) < 4.78 is 5.78. The van der Waals surface area contributed by atoms with Crippen LogP contribution in [0.25, 0.3) is 0 Å². The van der Waals surface area contributed by atoms with E-state index in [1.54, 1.807) is 0 Å². The number of carboxylic acid groups (broad SMARTS) is 1. The molecule has 0 spiro atoms. The van der Waals surface area contributed by atoms with Gasteiger partial charge in [-0.05, 0) is 42.9 Å². The van der Waals surface area contributed by atoms with Crippen LogP contribution in [0.5, 0.6) is 0 Å². The van der Waals surface area contributed by atoms with Gasteiger partial charge in [-0.1, -0.05) is 26.0 Å². The van der Waals surface area contributed by atoms with Crippen LogP contribution in [0.4, 0.5) is 0 Å². The second-order valence-electron chi connectivity index (χ2n) is 6.17. The lowest BCUT2D eigenvalue weighted by molar-refractivity contribution is -0.137. The van der Waals surface area contributed by atoms with E-state index in [0.717, 1.165) is 31.8 Å². The number of unbranched alkanes of at least 4 members (excludes halogenated alkanes) is 1. The summed E-state index contributed by atoms with van der Waals surface area (Å²) in [5, 5.41) is 8.54. The minimum atomic E-state index is -0.699. The third-order valence-electron chi connectivity index (χ3n) is 4.73. The molecule has 0 aromatic heterocycles. The SMILES string of the molecule is C[C@@H]1C2CC(C)(CO2)[C@H]1C/C=C\CCCC(=O)O. The molecule has 1 N–H and O–H groups in total. The molecule has 3 nitrogen and oxygen atoms in total.